The number of nitrogens with one attached hydrogen (secondary N) is 1. The molecule has 1 spiro atoms. The van der Waals surface area contributed by atoms with Gasteiger partial charge < -0.3 is 5.32 Å². The van der Waals surface area contributed by atoms with Crippen LogP contribution in [0, 0.1) is 5.41 Å². The summed E-state index contributed by atoms with van der Waals surface area (Å²) in [7, 11) is 0. The van der Waals surface area contributed by atoms with Crippen LogP contribution in [0.5, 0.6) is 0 Å². The van der Waals surface area contributed by atoms with E-state index in [1.807, 2.05) is 0 Å². The monoisotopic (exact) mass is 125 g/mol. The van der Waals surface area contributed by atoms with Crippen molar-refractivity contribution in [3.8, 4) is 0 Å². The molecular formula is C7H11NO. The summed E-state index contributed by atoms with van der Waals surface area (Å²) in [5.41, 5.74) is 0.137. The molecule has 1 amide bonds. The van der Waals surface area contributed by atoms with E-state index in [9.17, 15) is 4.79 Å². The zero-order valence-electron chi connectivity index (χ0n) is 5.44. The van der Waals surface area contributed by atoms with Gasteiger partial charge in [-0.05, 0) is 25.7 Å². The van der Waals surface area contributed by atoms with Gasteiger partial charge in [0.2, 0.25) is 5.91 Å². The summed E-state index contributed by atoms with van der Waals surface area (Å²) in [6.07, 6.45) is 4.60. The minimum absolute atomic E-state index is 0.137. The lowest BCUT2D eigenvalue weighted by Gasteiger charge is -2.20. The van der Waals surface area contributed by atoms with Gasteiger partial charge in [-0.1, -0.05) is 0 Å². The van der Waals surface area contributed by atoms with Crippen LogP contribution in [-0.4, -0.2) is 12.5 Å². The van der Waals surface area contributed by atoms with E-state index < -0.39 is 0 Å². The van der Waals surface area contributed by atoms with Crippen molar-refractivity contribution in [2.75, 3.05) is 6.54 Å². The van der Waals surface area contributed by atoms with E-state index >= 15 is 0 Å². The van der Waals surface area contributed by atoms with Crippen LogP contribution >= 0.6 is 0 Å². The normalized spacial score (nSPS) is 30.0. The molecule has 50 valence electrons. The first-order valence-corrected chi connectivity index (χ1v) is 3.62. The van der Waals surface area contributed by atoms with Crippen LogP contribution < -0.4 is 5.32 Å². The second-order valence-corrected chi connectivity index (χ2v) is 3.14. The zero-order valence-corrected chi connectivity index (χ0v) is 5.44. The molecule has 1 aliphatic carbocycles. The van der Waals surface area contributed by atoms with Crippen LogP contribution in [0.3, 0.4) is 0 Å². The Labute approximate surface area is 54.6 Å². The lowest BCUT2D eigenvalue weighted by Crippen LogP contribution is -2.37. The Morgan fingerprint density at radius 1 is 1.33 bits per heavy atom. The van der Waals surface area contributed by atoms with Crippen LogP contribution in [-0.2, 0) is 4.79 Å². The molecule has 2 nitrogen and oxygen atoms in total. The van der Waals surface area contributed by atoms with Gasteiger partial charge in [0.25, 0.3) is 0 Å². The smallest absolute Gasteiger partial charge is 0.226 e. The Morgan fingerprint density at radius 2 is 2.11 bits per heavy atom. The van der Waals surface area contributed by atoms with Crippen molar-refractivity contribution in [1.29, 1.82) is 0 Å². The van der Waals surface area contributed by atoms with Crippen molar-refractivity contribution in [3.05, 3.63) is 0 Å². The first-order chi connectivity index (χ1) is 4.33. The summed E-state index contributed by atoms with van der Waals surface area (Å²) >= 11 is 0. The molecule has 2 heteroatoms. The number of amides is 1. The van der Waals surface area contributed by atoms with Crippen LogP contribution in [0.4, 0.5) is 0 Å². The molecule has 1 aliphatic heterocycles. The summed E-state index contributed by atoms with van der Waals surface area (Å²) in [6.45, 7) is 0.903. The Balaban J connectivity index is 2.12. The minimum atomic E-state index is 0.137. The predicted molar refractivity (Wildman–Crippen MR) is 33.9 cm³/mol. The van der Waals surface area contributed by atoms with Gasteiger partial charge in [-0.25, -0.2) is 0 Å². The molecule has 9 heavy (non-hydrogen) atoms. The lowest BCUT2D eigenvalue weighted by molar-refractivity contribution is -0.128. The molecule has 1 saturated carbocycles. The highest BCUT2D eigenvalue weighted by molar-refractivity contribution is 5.85. The molecule has 2 fully saturated rings. The topological polar surface area (TPSA) is 29.1 Å². The quantitative estimate of drug-likeness (QED) is 0.506. The minimum Gasteiger partial charge on any atom is -0.356 e. The molecule has 0 radical (unpaired) electrons. The Hall–Kier alpha value is -0.530. The van der Waals surface area contributed by atoms with Crippen LogP contribution in [0.15, 0.2) is 0 Å². The maximum absolute atomic E-state index is 11.1. The number of hydrogen-bond donors (Lipinski definition) is 1. The molecule has 0 aromatic carbocycles. The van der Waals surface area contributed by atoms with Gasteiger partial charge in [0.1, 0.15) is 0 Å². The van der Waals surface area contributed by atoms with Crippen molar-refractivity contribution in [3.63, 3.8) is 0 Å². The fourth-order valence-electron chi connectivity index (χ4n) is 1.56. The average Bonchev–Trinajstić information content (AvgIpc) is 2.60. The fourth-order valence-corrected chi connectivity index (χ4v) is 1.56. The number of piperidine rings is 1. The zero-order chi connectivity index (χ0) is 6.32. The number of carbonyl (C=O) groups is 1. The average molecular weight is 125 g/mol. The van der Waals surface area contributed by atoms with Gasteiger partial charge in [0, 0.05) is 12.0 Å². The number of rotatable bonds is 0. The van der Waals surface area contributed by atoms with E-state index in [0.29, 0.717) is 5.91 Å². The van der Waals surface area contributed by atoms with E-state index in [1.165, 1.54) is 6.42 Å². The van der Waals surface area contributed by atoms with Crippen molar-refractivity contribution in [2.24, 2.45) is 5.41 Å². The third kappa shape index (κ3) is 0.655. The van der Waals surface area contributed by atoms with Crippen molar-refractivity contribution in [1.82, 2.24) is 5.32 Å². The van der Waals surface area contributed by atoms with Gasteiger partial charge >= 0.3 is 0 Å². The van der Waals surface area contributed by atoms with Crippen LogP contribution in [0.1, 0.15) is 25.7 Å². The largest absolute Gasteiger partial charge is 0.356 e. The number of carbonyl (C=O) groups excluding carboxylic acids is 1. The highest BCUT2D eigenvalue weighted by Crippen LogP contribution is 2.50. The standard InChI is InChI=1S/C7H11NO/c9-6-7(3-4-7)2-1-5-8-6/h1-5H2,(H,8,9). The van der Waals surface area contributed by atoms with Crippen molar-refractivity contribution in [2.45, 2.75) is 25.7 Å². The summed E-state index contributed by atoms with van der Waals surface area (Å²) in [4.78, 5) is 11.1. The molecule has 1 N–H and O–H groups in total. The maximum Gasteiger partial charge on any atom is 0.226 e. The second-order valence-electron chi connectivity index (χ2n) is 3.14. The third-order valence-electron chi connectivity index (χ3n) is 2.45. The molecular weight excluding hydrogens is 114 g/mol. The molecule has 0 aromatic rings. The fraction of sp³-hybridized carbons (Fsp3) is 0.857. The molecule has 1 heterocycles. The van der Waals surface area contributed by atoms with Gasteiger partial charge in [-0.15, -0.1) is 0 Å². The lowest BCUT2D eigenvalue weighted by atomic mass is 9.96. The SMILES string of the molecule is O=C1NCCCC12CC2. The number of hydrogen-bond acceptors (Lipinski definition) is 1. The van der Waals surface area contributed by atoms with E-state index in [0.717, 1.165) is 25.8 Å². The molecule has 2 aliphatic rings. The molecule has 0 atom stereocenters. The van der Waals surface area contributed by atoms with Gasteiger partial charge in [0.05, 0.1) is 0 Å². The van der Waals surface area contributed by atoms with Crippen LogP contribution in [0.25, 0.3) is 0 Å². The van der Waals surface area contributed by atoms with Crippen LogP contribution in [0.2, 0.25) is 0 Å². The Kier molecular flexibility index (Phi) is 0.875. The Bertz CT molecular complexity index is 149. The molecule has 0 unspecified atom stereocenters. The second kappa shape index (κ2) is 1.49. The van der Waals surface area contributed by atoms with Gasteiger partial charge in [-0.2, -0.15) is 0 Å². The van der Waals surface area contributed by atoms with Gasteiger partial charge in [0.15, 0.2) is 0 Å². The van der Waals surface area contributed by atoms with E-state index in [1.54, 1.807) is 0 Å². The van der Waals surface area contributed by atoms with E-state index in [4.69, 9.17) is 0 Å². The third-order valence-corrected chi connectivity index (χ3v) is 2.45. The van der Waals surface area contributed by atoms with Gasteiger partial charge in [-0.3, -0.25) is 4.79 Å². The first kappa shape index (κ1) is 5.27. The summed E-state index contributed by atoms with van der Waals surface area (Å²) in [5.74, 6) is 0.314. The summed E-state index contributed by atoms with van der Waals surface area (Å²) in [5, 5.41) is 2.90. The van der Waals surface area contributed by atoms with E-state index in [2.05, 4.69) is 5.32 Å². The van der Waals surface area contributed by atoms with Crippen molar-refractivity contribution < 1.29 is 4.79 Å². The molecule has 0 aromatic heterocycles. The summed E-state index contributed by atoms with van der Waals surface area (Å²) < 4.78 is 0. The molecule has 0 bridgehead atoms. The highest BCUT2D eigenvalue weighted by atomic mass is 16.2. The Morgan fingerprint density at radius 3 is 2.56 bits per heavy atom. The molecule has 2 rings (SSSR count). The predicted octanol–water partition coefficient (Wildman–Crippen LogP) is 0.677. The highest BCUT2D eigenvalue weighted by Gasteiger charge is 2.50. The maximum atomic E-state index is 11.1. The van der Waals surface area contributed by atoms with E-state index in [-0.39, 0.29) is 5.41 Å². The molecule has 1 saturated heterocycles. The summed E-state index contributed by atoms with van der Waals surface area (Å²) in [6, 6.07) is 0. The van der Waals surface area contributed by atoms with Crippen molar-refractivity contribution >= 4 is 5.91 Å². The first-order valence-electron chi connectivity index (χ1n) is 3.62.